The number of carbonyl (C=O) groups excluding carboxylic acids is 3. The number of alkyl carbamates (subject to hydrolysis) is 1. The number of sulfonamides is 1. The van der Waals surface area contributed by atoms with Crippen LogP contribution in [0.3, 0.4) is 0 Å². The molecule has 1 aromatic carbocycles. The number of aliphatic hydroxyl groups excluding tert-OH is 1. The molecule has 0 radical (unpaired) electrons. The largest absolute Gasteiger partial charge is 0.489 e. The second-order valence-corrected chi connectivity index (χ2v) is 13.1. The van der Waals surface area contributed by atoms with Crippen LogP contribution in [-0.2, 0) is 26.6 Å². The number of rotatable bonds is 5. The maximum atomic E-state index is 13.7. The van der Waals surface area contributed by atoms with E-state index in [1.807, 2.05) is 27.7 Å². The summed E-state index contributed by atoms with van der Waals surface area (Å²) in [4.78, 5) is 39.5. The fourth-order valence-electron chi connectivity index (χ4n) is 4.81. The van der Waals surface area contributed by atoms with E-state index in [2.05, 4.69) is 15.4 Å². The summed E-state index contributed by atoms with van der Waals surface area (Å²) in [5.41, 5.74) is -1.58. The van der Waals surface area contributed by atoms with Gasteiger partial charge in [-0.25, -0.2) is 31.1 Å². The third-order valence-electron chi connectivity index (χ3n) is 6.77. The first kappa shape index (κ1) is 39.3. The molecule has 0 aliphatic carbocycles. The van der Waals surface area contributed by atoms with Gasteiger partial charge in [-0.15, -0.1) is 0 Å². The van der Waals surface area contributed by atoms with E-state index in [0.717, 1.165) is 10.8 Å². The first-order valence-corrected chi connectivity index (χ1v) is 16.6. The molecule has 1 saturated heterocycles. The molecule has 3 amide bonds. The number of halogens is 3. The maximum absolute atomic E-state index is 13.7. The topological polar surface area (TPSA) is 168 Å². The number of nitrogens with one attached hydrogen (secondary N) is 3. The number of amides is 3. The molecule has 0 spiro atoms. The van der Waals surface area contributed by atoms with E-state index in [4.69, 9.17) is 9.47 Å². The third kappa shape index (κ3) is 9.38. The number of aromatic nitrogens is 1. The van der Waals surface area contributed by atoms with Gasteiger partial charge in [0.25, 0.3) is 5.91 Å². The van der Waals surface area contributed by atoms with Gasteiger partial charge in [0, 0.05) is 56.1 Å². The Kier molecular flexibility index (Phi) is 13.3. The molecule has 47 heavy (non-hydrogen) atoms. The number of hydrogen-bond donors (Lipinski definition) is 4. The third-order valence-corrected chi connectivity index (χ3v) is 8.25. The molecule has 4 N–H and O–H groups in total. The molecule has 17 heteroatoms. The predicted molar refractivity (Wildman–Crippen MR) is 167 cm³/mol. The highest BCUT2D eigenvalue weighted by Crippen LogP contribution is 2.35. The lowest BCUT2D eigenvalue weighted by Gasteiger charge is -2.27. The van der Waals surface area contributed by atoms with E-state index in [9.17, 15) is 41.1 Å². The summed E-state index contributed by atoms with van der Waals surface area (Å²) >= 11 is 0. The SMILES string of the molecule is CC.CC.C[C@@H](O)[C@H](NC(=O)OC(C)(C)C)C(=O)N1CC2COc3c(cn(C)c3C(=O)Nc3cc(F)c(F)c(F)c3)S(=O)(=O)NC2C1. The smallest absolute Gasteiger partial charge is 0.408 e. The number of nitrogens with zero attached hydrogens (tertiary/aromatic N) is 2. The molecule has 0 saturated carbocycles. The summed E-state index contributed by atoms with van der Waals surface area (Å²) in [6.45, 7) is 13.9. The summed E-state index contributed by atoms with van der Waals surface area (Å²) in [5.74, 6) is -7.41. The molecule has 0 bridgehead atoms. The van der Waals surface area contributed by atoms with Gasteiger partial charge < -0.3 is 34.7 Å². The van der Waals surface area contributed by atoms with Crippen LogP contribution in [0, 0.1) is 23.4 Å². The van der Waals surface area contributed by atoms with Crippen LogP contribution in [0.1, 0.15) is 65.9 Å². The molecular formula is C30H44F3N5O8S. The van der Waals surface area contributed by atoms with Crippen LogP contribution < -0.4 is 20.1 Å². The number of anilines is 1. The monoisotopic (exact) mass is 691 g/mol. The molecule has 2 aliphatic rings. The van der Waals surface area contributed by atoms with Gasteiger partial charge in [0.15, 0.2) is 28.9 Å². The van der Waals surface area contributed by atoms with Crippen molar-refractivity contribution in [3.05, 3.63) is 41.5 Å². The van der Waals surface area contributed by atoms with Crippen molar-refractivity contribution < 1.29 is 50.6 Å². The highest BCUT2D eigenvalue weighted by atomic mass is 32.2. The number of likely N-dealkylation sites (tertiary alicyclic amines) is 1. The van der Waals surface area contributed by atoms with Crippen LogP contribution in [0.4, 0.5) is 23.7 Å². The number of aliphatic hydroxyl groups is 1. The Morgan fingerprint density at radius 3 is 2.19 bits per heavy atom. The van der Waals surface area contributed by atoms with E-state index >= 15 is 0 Å². The fraction of sp³-hybridized carbons (Fsp3) is 0.567. The van der Waals surface area contributed by atoms with Crippen LogP contribution >= 0.6 is 0 Å². The maximum Gasteiger partial charge on any atom is 0.408 e. The minimum Gasteiger partial charge on any atom is -0.489 e. The van der Waals surface area contributed by atoms with Crippen LogP contribution in [0.25, 0.3) is 0 Å². The summed E-state index contributed by atoms with van der Waals surface area (Å²) in [5, 5.41) is 14.8. The highest BCUT2D eigenvalue weighted by molar-refractivity contribution is 7.89. The van der Waals surface area contributed by atoms with Gasteiger partial charge in [0.1, 0.15) is 16.5 Å². The molecular weight excluding hydrogens is 647 g/mol. The van der Waals surface area contributed by atoms with E-state index in [0.29, 0.717) is 12.1 Å². The minimum absolute atomic E-state index is 0.0247. The summed E-state index contributed by atoms with van der Waals surface area (Å²) in [6.07, 6.45) is -1.12. The quantitative estimate of drug-likeness (QED) is 0.346. The first-order valence-electron chi connectivity index (χ1n) is 15.1. The van der Waals surface area contributed by atoms with Crippen molar-refractivity contribution in [2.45, 2.75) is 84.1 Å². The normalized spacial score (nSPS) is 19.4. The van der Waals surface area contributed by atoms with Gasteiger partial charge in [-0.3, -0.25) is 9.59 Å². The van der Waals surface area contributed by atoms with E-state index in [1.54, 1.807) is 20.8 Å². The van der Waals surface area contributed by atoms with Gasteiger partial charge in [0.05, 0.1) is 12.7 Å². The van der Waals surface area contributed by atoms with Crippen molar-refractivity contribution in [3.8, 4) is 5.75 Å². The average molecular weight is 692 g/mol. The number of carbonyl (C=O) groups is 3. The fourth-order valence-corrected chi connectivity index (χ4v) is 6.30. The van der Waals surface area contributed by atoms with Gasteiger partial charge in [-0.05, 0) is 27.7 Å². The van der Waals surface area contributed by atoms with Crippen LogP contribution in [0.15, 0.2) is 23.2 Å². The van der Waals surface area contributed by atoms with Crippen molar-refractivity contribution in [1.82, 2.24) is 19.5 Å². The van der Waals surface area contributed by atoms with Gasteiger partial charge >= 0.3 is 6.09 Å². The van der Waals surface area contributed by atoms with Crippen molar-refractivity contribution >= 4 is 33.6 Å². The number of aryl methyl sites for hydroxylation is 1. The molecule has 2 aromatic rings. The molecule has 13 nitrogen and oxygen atoms in total. The standard InChI is InChI=1S/C26H32F3N5O8S.2C2H6/c1-12(35)20(31-25(38)42-26(2,3)4)24(37)34-8-13-11-41-22-18(43(39,40)32-17(13)9-34)10-33(5)21(22)23(36)30-14-6-15(27)19(29)16(28)7-14;2*1-2/h6-7,10,12-13,17,20,32,35H,8-9,11H2,1-5H3,(H,30,36)(H,31,38);2*1-2H3/t12-,13?,17?,20+;;/m1../s1. The predicted octanol–water partition coefficient (Wildman–Crippen LogP) is 3.52. The molecule has 2 unspecified atom stereocenters. The van der Waals surface area contributed by atoms with Crippen molar-refractivity contribution in [2.24, 2.45) is 13.0 Å². The molecule has 4 atom stereocenters. The highest BCUT2D eigenvalue weighted by Gasteiger charge is 2.44. The lowest BCUT2D eigenvalue weighted by atomic mass is 10.1. The van der Waals surface area contributed by atoms with Crippen LogP contribution in [0.2, 0.25) is 0 Å². The Balaban J connectivity index is 0.00000185. The molecule has 264 valence electrons. The van der Waals surface area contributed by atoms with E-state index < -0.39 is 85.7 Å². The number of fused-ring (bicyclic) bond motifs is 2. The van der Waals surface area contributed by atoms with E-state index in [-0.39, 0.29) is 31.1 Å². The molecule has 3 heterocycles. The molecule has 1 aromatic heterocycles. The van der Waals surface area contributed by atoms with Crippen molar-refractivity contribution in [1.29, 1.82) is 0 Å². The van der Waals surface area contributed by atoms with Crippen molar-refractivity contribution in [3.63, 3.8) is 0 Å². The van der Waals surface area contributed by atoms with E-state index in [1.165, 1.54) is 18.9 Å². The molecule has 4 rings (SSSR count). The zero-order valence-electron chi connectivity index (χ0n) is 27.9. The zero-order chi connectivity index (χ0) is 36.0. The number of hydrogen-bond acceptors (Lipinski definition) is 8. The van der Waals surface area contributed by atoms with Crippen LogP contribution in [-0.4, -0.2) is 84.4 Å². The second kappa shape index (κ2) is 15.8. The summed E-state index contributed by atoms with van der Waals surface area (Å²) < 4.78 is 82.1. The number of ether oxygens (including phenoxy) is 2. The summed E-state index contributed by atoms with van der Waals surface area (Å²) in [7, 11) is -2.97. The van der Waals surface area contributed by atoms with Gasteiger partial charge in [-0.2, -0.15) is 0 Å². The van der Waals surface area contributed by atoms with Crippen LogP contribution in [0.5, 0.6) is 5.75 Å². The van der Waals surface area contributed by atoms with Crippen molar-refractivity contribution in [2.75, 3.05) is 25.0 Å². The Labute approximate surface area is 272 Å². The Morgan fingerprint density at radius 2 is 1.66 bits per heavy atom. The second-order valence-electron chi connectivity index (χ2n) is 11.4. The Bertz CT molecular complexity index is 1540. The number of benzene rings is 1. The van der Waals surface area contributed by atoms with Gasteiger partial charge in [-0.1, -0.05) is 27.7 Å². The summed E-state index contributed by atoms with van der Waals surface area (Å²) in [6, 6.07) is -1.07. The lowest BCUT2D eigenvalue weighted by Crippen LogP contribution is -2.54. The Hall–Kier alpha value is -3.83. The average Bonchev–Trinajstić information content (AvgIpc) is 3.53. The molecule has 1 fully saturated rings. The Morgan fingerprint density at radius 1 is 1.09 bits per heavy atom. The lowest BCUT2D eigenvalue weighted by molar-refractivity contribution is -0.135. The zero-order valence-corrected chi connectivity index (χ0v) is 28.7. The first-order chi connectivity index (χ1) is 21.9. The minimum atomic E-state index is -4.33. The van der Waals surface area contributed by atoms with Gasteiger partial charge in [0.2, 0.25) is 15.9 Å². The molecule has 2 aliphatic heterocycles.